The van der Waals surface area contributed by atoms with Crippen LogP contribution in [0.15, 0.2) is 18.2 Å². The lowest BCUT2D eigenvalue weighted by Crippen LogP contribution is -2.48. The van der Waals surface area contributed by atoms with Crippen molar-refractivity contribution >= 4 is 21.6 Å². The number of benzene rings is 1. The van der Waals surface area contributed by atoms with Crippen LogP contribution >= 0.6 is 0 Å². The van der Waals surface area contributed by atoms with E-state index in [0.29, 0.717) is 12.1 Å². The van der Waals surface area contributed by atoms with Gasteiger partial charge in [0.25, 0.3) is 0 Å². The number of sulfonamides is 1. The fraction of sp³-hybridized carbons (Fsp3) is 0.500. The summed E-state index contributed by atoms with van der Waals surface area (Å²) >= 11 is 0. The van der Waals surface area contributed by atoms with Crippen molar-refractivity contribution in [2.45, 2.75) is 33.2 Å². The summed E-state index contributed by atoms with van der Waals surface area (Å²) in [5.41, 5.74) is 2.59. The van der Waals surface area contributed by atoms with Crippen LogP contribution in [0.4, 0.5) is 5.69 Å². The Morgan fingerprint density at radius 3 is 2.30 bits per heavy atom. The third-order valence-corrected chi connectivity index (χ3v) is 4.50. The van der Waals surface area contributed by atoms with Gasteiger partial charge in [-0.05, 0) is 43.5 Å². The largest absolute Gasteiger partial charge is 0.357 e. The molecule has 0 aliphatic rings. The summed E-state index contributed by atoms with van der Waals surface area (Å²) in [5, 5.41) is 2.52. The van der Waals surface area contributed by atoms with Gasteiger partial charge >= 0.3 is 0 Å². The summed E-state index contributed by atoms with van der Waals surface area (Å²) in [6, 6.07) is 4.65. The number of hydrogen-bond donors (Lipinski definition) is 1. The minimum absolute atomic E-state index is 0.309. The number of hydrogen-bond acceptors (Lipinski definition) is 3. The van der Waals surface area contributed by atoms with E-state index < -0.39 is 16.1 Å². The molecule has 0 saturated carbocycles. The number of rotatable bonds is 5. The van der Waals surface area contributed by atoms with Gasteiger partial charge < -0.3 is 5.32 Å². The first kappa shape index (κ1) is 16.5. The fourth-order valence-corrected chi connectivity index (χ4v) is 3.29. The van der Waals surface area contributed by atoms with Crippen LogP contribution in [-0.2, 0) is 14.8 Å². The van der Waals surface area contributed by atoms with Crippen LogP contribution in [0.2, 0.25) is 0 Å². The van der Waals surface area contributed by atoms with Crippen molar-refractivity contribution in [3.63, 3.8) is 0 Å². The summed E-state index contributed by atoms with van der Waals surface area (Å²) in [6.07, 6.45) is 1.52. The predicted octanol–water partition coefficient (Wildman–Crippen LogP) is 1.59. The van der Waals surface area contributed by atoms with Gasteiger partial charge in [0.1, 0.15) is 6.04 Å². The van der Waals surface area contributed by atoms with Crippen LogP contribution in [0.1, 0.15) is 24.5 Å². The zero-order valence-electron chi connectivity index (χ0n) is 12.6. The number of amides is 1. The number of anilines is 1. The van der Waals surface area contributed by atoms with Crippen LogP contribution in [0.5, 0.6) is 0 Å². The molecule has 6 heteroatoms. The first-order chi connectivity index (χ1) is 9.22. The second kappa shape index (κ2) is 6.26. The Morgan fingerprint density at radius 1 is 1.30 bits per heavy atom. The molecule has 20 heavy (non-hydrogen) atoms. The van der Waals surface area contributed by atoms with Gasteiger partial charge in [0.2, 0.25) is 15.9 Å². The Labute approximate surface area is 121 Å². The summed E-state index contributed by atoms with van der Waals surface area (Å²) in [6.45, 7) is 5.67. The average Bonchev–Trinajstić information content (AvgIpc) is 2.37. The maximum Gasteiger partial charge on any atom is 0.243 e. The molecule has 0 aliphatic heterocycles. The summed E-state index contributed by atoms with van der Waals surface area (Å²) in [7, 11) is -2.04. The molecule has 1 atom stereocenters. The highest BCUT2D eigenvalue weighted by Gasteiger charge is 2.30. The Hall–Kier alpha value is -1.56. The van der Waals surface area contributed by atoms with Gasteiger partial charge in [-0.1, -0.05) is 13.0 Å². The van der Waals surface area contributed by atoms with E-state index in [-0.39, 0.29) is 5.91 Å². The molecule has 0 saturated heterocycles. The number of carbonyl (C=O) groups is 1. The van der Waals surface area contributed by atoms with E-state index in [2.05, 4.69) is 5.32 Å². The van der Waals surface area contributed by atoms with Crippen LogP contribution < -0.4 is 9.62 Å². The highest BCUT2D eigenvalue weighted by molar-refractivity contribution is 7.92. The lowest BCUT2D eigenvalue weighted by molar-refractivity contribution is -0.121. The molecule has 1 aromatic rings. The molecular weight excluding hydrogens is 276 g/mol. The minimum atomic E-state index is -3.54. The number of nitrogens with zero attached hydrogens (tertiary/aromatic N) is 1. The topological polar surface area (TPSA) is 66.5 Å². The molecule has 0 heterocycles. The van der Waals surface area contributed by atoms with Gasteiger partial charge in [-0.25, -0.2) is 8.42 Å². The highest BCUT2D eigenvalue weighted by Crippen LogP contribution is 2.24. The quantitative estimate of drug-likeness (QED) is 0.898. The van der Waals surface area contributed by atoms with Gasteiger partial charge in [0.05, 0.1) is 11.9 Å². The van der Waals surface area contributed by atoms with Crippen molar-refractivity contribution in [1.82, 2.24) is 5.32 Å². The Bertz CT molecular complexity index is 596. The summed E-state index contributed by atoms with van der Waals surface area (Å²) in [4.78, 5) is 11.9. The highest BCUT2D eigenvalue weighted by atomic mass is 32.2. The van der Waals surface area contributed by atoms with Crippen LogP contribution in [0.3, 0.4) is 0 Å². The molecule has 0 spiro atoms. The normalized spacial score (nSPS) is 12.8. The van der Waals surface area contributed by atoms with Crippen molar-refractivity contribution in [1.29, 1.82) is 0 Å². The molecule has 0 unspecified atom stereocenters. The molecule has 1 aromatic carbocycles. The standard InChI is InChI=1S/C14H22N2O3S/c1-6-13(14(17)15-4)16(20(5,18)19)12-8-7-10(2)11(3)9-12/h7-9,13H,6H2,1-5H3,(H,15,17)/t13-/m1/s1. The summed E-state index contributed by atoms with van der Waals surface area (Å²) < 4.78 is 25.4. The average molecular weight is 298 g/mol. The maximum absolute atomic E-state index is 12.1. The molecule has 0 fully saturated rings. The molecule has 1 rings (SSSR count). The van der Waals surface area contributed by atoms with Gasteiger partial charge in [-0.15, -0.1) is 0 Å². The number of likely N-dealkylation sites (N-methyl/N-ethyl adjacent to an activating group) is 1. The van der Waals surface area contributed by atoms with Gasteiger partial charge in [-0.2, -0.15) is 0 Å². The second-order valence-corrected chi connectivity index (χ2v) is 6.73. The lowest BCUT2D eigenvalue weighted by atomic mass is 10.1. The van der Waals surface area contributed by atoms with Gasteiger partial charge in [-0.3, -0.25) is 9.10 Å². The van der Waals surface area contributed by atoms with E-state index in [1.807, 2.05) is 19.9 Å². The third-order valence-electron chi connectivity index (χ3n) is 3.32. The smallest absolute Gasteiger partial charge is 0.243 e. The molecule has 0 bridgehead atoms. The molecule has 1 N–H and O–H groups in total. The van der Waals surface area contributed by atoms with Crippen molar-refractivity contribution in [2.24, 2.45) is 0 Å². The predicted molar refractivity (Wildman–Crippen MR) is 81.4 cm³/mol. The minimum Gasteiger partial charge on any atom is -0.357 e. The summed E-state index contributed by atoms with van der Waals surface area (Å²) in [5.74, 6) is -0.309. The van der Waals surface area contributed by atoms with Crippen LogP contribution in [-0.4, -0.2) is 33.7 Å². The van der Waals surface area contributed by atoms with Crippen LogP contribution in [0, 0.1) is 13.8 Å². The Kier molecular flexibility index (Phi) is 5.16. The SMILES string of the molecule is CC[C@H](C(=O)NC)N(c1ccc(C)c(C)c1)S(C)(=O)=O. The first-order valence-corrected chi connectivity index (χ1v) is 8.35. The van der Waals surface area contributed by atoms with Gasteiger partial charge in [0, 0.05) is 7.05 Å². The monoisotopic (exact) mass is 298 g/mol. The maximum atomic E-state index is 12.1. The molecule has 0 aromatic heterocycles. The number of aryl methyl sites for hydroxylation is 2. The van der Waals surface area contributed by atoms with Gasteiger partial charge in [0.15, 0.2) is 0 Å². The molecule has 0 aliphatic carbocycles. The van der Waals surface area contributed by atoms with E-state index in [0.717, 1.165) is 17.4 Å². The molecule has 0 radical (unpaired) electrons. The second-order valence-electron chi connectivity index (χ2n) is 4.87. The number of carbonyl (C=O) groups excluding carboxylic acids is 1. The van der Waals surface area contributed by atoms with Crippen molar-refractivity contribution in [3.8, 4) is 0 Å². The number of nitrogens with one attached hydrogen (secondary N) is 1. The zero-order chi connectivity index (χ0) is 15.5. The fourth-order valence-electron chi connectivity index (χ4n) is 2.09. The van der Waals surface area contributed by atoms with Crippen molar-refractivity contribution in [3.05, 3.63) is 29.3 Å². The van der Waals surface area contributed by atoms with E-state index >= 15 is 0 Å². The zero-order valence-corrected chi connectivity index (χ0v) is 13.4. The van der Waals surface area contributed by atoms with E-state index in [9.17, 15) is 13.2 Å². The van der Waals surface area contributed by atoms with Crippen molar-refractivity contribution in [2.75, 3.05) is 17.6 Å². The van der Waals surface area contributed by atoms with E-state index in [1.54, 1.807) is 19.1 Å². The Morgan fingerprint density at radius 2 is 1.90 bits per heavy atom. The molecular formula is C14H22N2O3S. The lowest BCUT2D eigenvalue weighted by Gasteiger charge is -2.30. The van der Waals surface area contributed by atoms with E-state index in [1.165, 1.54) is 11.4 Å². The molecule has 112 valence electrons. The molecule has 1 amide bonds. The van der Waals surface area contributed by atoms with Crippen molar-refractivity contribution < 1.29 is 13.2 Å². The molecule has 5 nitrogen and oxygen atoms in total. The Balaban J connectivity index is 3.39. The third kappa shape index (κ3) is 3.50. The van der Waals surface area contributed by atoms with E-state index in [4.69, 9.17) is 0 Å². The first-order valence-electron chi connectivity index (χ1n) is 6.50. The van der Waals surface area contributed by atoms with Crippen LogP contribution in [0.25, 0.3) is 0 Å².